The van der Waals surface area contributed by atoms with Crippen molar-refractivity contribution in [2.24, 2.45) is 22.7 Å². The normalized spacial score (nSPS) is 43.6. The van der Waals surface area contributed by atoms with Crippen LogP contribution in [-0.2, 0) is 4.74 Å². The third kappa shape index (κ3) is 1.91. The summed E-state index contributed by atoms with van der Waals surface area (Å²) in [5.41, 5.74) is 2.33. The lowest BCUT2D eigenvalue weighted by Gasteiger charge is -2.61. The van der Waals surface area contributed by atoms with Gasteiger partial charge in [0.25, 0.3) is 0 Å². The topological polar surface area (TPSA) is 38.7 Å². The average Bonchev–Trinajstić information content (AvgIpc) is 2.86. The first kappa shape index (κ1) is 16.0. The molecule has 3 heteroatoms. The Kier molecular flexibility index (Phi) is 3.03. The summed E-state index contributed by atoms with van der Waals surface area (Å²) in [6, 6.07) is 3.92. The maximum atomic E-state index is 10.7. The molecule has 1 saturated heterocycles. The third-order valence-corrected chi connectivity index (χ3v) is 8.03. The van der Waals surface area contributed by atoms with Gasteiger partial charge in [-0.1, -0.05) is 20.3 Å². The lowest BCUT2D eigenvalue weighted by atomic mass is 9.44. The maximum absolute atomic E-state index is 10.7. The van der Waals surface area contributed by atoms with Crippen molar-refractivity contribution in [3.05, 3.63) is 23.3 Å². The highest BCUT2D eigenvalue weighted by molar-refractivity contribution is 5.51. The molecule has 3 nitrogen and oxygen atoms in total. The zero-order valence-corrected chi connectivity index (χ0v) is 15.9. The fourth-order valence-corrected chi connectivity index (χ4v) is 7.20. The summed E-state index contributed by atoms with van der Waals surface area (Å²) < 4.78 is 13.1. The van der Waals surface area contributed by atoms with E-state index in [0.29, 0.717) is 23.0 Å². The van der Waals surface area contributed by atoms with Crippen molar-refractivity contribution >= 4 is 0 Å². The number of aryl methyl sites for hydroxylation is 1. The highest BCUT2D eigenvalue weighted by Crippen LogP contribution is 2.71. The summed E-state index contributed by atoms with van der Waals surface area (Å²) in [4.78, 5) is 0. The molecule has 0 unspecified atom stereocenters. The lowest BCUT2D eigenvalue weighted by molar-refractivity contribution is -0.156. The zero-order valence-electron chi connectivity index (χ0n) is 15.9. The van der Waals surface area contributed by atoms with Crippen LogP contribution in [-0.4, -0.2) is 17.3 Å². The minimum Gasteiger partial charge on any atom is -0.507 e. The van der Waals surface area contributed by atoms with Gasteiger partial charge in [-0.3, -0.25) is 0 Å². The van der Waals surface area contributed by atoms with Crippen LogP contribution < -0.4 is 4.74 Å². The molecule has 2 heterocycles. The van der Waals surface area contributed by atoms with Gasteiger partial charge in [-0.05, 0) is 68.6 Å². The number of hydrogen-bond donors (Lipinski definition) is 1. The van der Waals surface area contributed by atoms with Gasteiger partial charge in [-0.2, -0.15) is 0 Å². The van der Waals surface area contributed by atoms with Gasteiger partial charge in [0.2, 0.25) is 0 Å². The van der Waals surface area contributed by atoms with Crippen LogP contribution in [0, 0.1) is 29.6 Å². The molecular weight excluding hydrogens is 312 g/mol. The Bertz CT molecular complexity index is 739. The van der Waals surface area contributed by atoms with E-state index in [1.165, 1.54) is 25.7 Å². The number of hydrogen-bond acceptors (Lipinski definition) is 3. The van der Waals surface area contributed by atoms with Crippen molar-refractivity contribution in [3.63, 3.8) is 0 Å². The molecule has 136 valence electrons. The predicted molar refractivity (Wildman–Crippen MR) is 96.8 cm³/mol. The molecule has 1 aromatic carbocycles. The van der Waals surface area contributed by atoms with E-state index in [1.807, 2.05) is 13.0 Å². The van der Waals surface area contributed by atoms with Gasteiger partial charge in [-0.25, -0.2) is 0 Å². The Hall–Kier alpha value is -1.22. The molecule has 25 heavy (non-hydrogen) atoms. The molecule has 2 aliphatic carbocycles. The van der Waals surface area contributed by atoms with E-state index in [1.54, 1.807) is 0 Å². The molecule has 4 aliphatic rings. The van der Waals surface area contributed by atoms with E-state index in [4.69, 9.17) is 9.47 Å². The average molecular weight is 342 g/mol. The van der Waals surface area contributed by atoms with E-state index in [2.05, 4.69) is 26.8 Å². The van der Waals surface area contributed by atoms with Gasteiger partial charge >= 0.3 is 0 Å². The molecule has 0 bridgehead atoms. The Morgan fingerprint density at radius 1 is 1.12 bits per heavy atom. The van der Waals surface area contributed by atoms with Gasteiger partial charge in [0.05, 0.1) is 18.3 Å². The standard InChI is InChI=1S/C22H30O3/c1-13-10-14(23)17-15(11-13)25-21(4)9-6-16-20(2,3)7-5-8-22(16)12-24-18(17)19(21)22/h10-11,16,18-19,23H,5-9,12H2,1-4H3/t16-,18-,19+,21-,22-/m1/s1. The summed E-state index contributed by atoms with van der Waals surface area (Å²) in [6.07, 6.45) is 6.12. The molecule has 0 aromatic heterocycles. The van der Waals surface area contributed by atoms with Gasteiger partial charge in [0.1, 0.15) is 17.1 Å². The minimum atomic E-state index is -0.182. The number of fused-ring (bicyclic) bond motifs is 2. The van der Waals surface area contributed by atoms with E-state index >= 15 is 0 Å². The molecule has 1 spiro atoms. The maximum Gasteiger partial charge on any atom is 0.129 e. The second-order valence-electron chi connectivity index (χ2n) is 9.99. The summed E-state index contributed by atoms with van der Waals surface area (Å²) >= 11 is 0. The van der Waals surface area contributed by atoms with E-state index < -0.39 is 0 Å². The number of benzene rings is 1. The molecule has 2 saturated carbocycles. The highest BCUT2D eigenvalue weighted by Gasteiger charge is 2.69. The minimum absolute atomic E-state index is 0.0222. The van der Waals surface area contributed by atoms with E-state index in [-0.39, 0.29) is 17.1 Å². The van der Waals surface area contributed by atoms with Crippen LogP contribution in [0.5, 0.6) is 11.5 Å². The van der Waals surface area contributed by atoms with Crippen molar-refractivity contribution in [2.45, 2.75) is 71.5 Å². The second-order valence-corrected chi connectivity index (χ2v) is 9.99. The summed E-state index contributed by atoms with van der Waals surface area (Å²) in [7, 11) is 0. The van der Waals surface area contributed by atoms with Crippen LogP contribution in [0.1, 0.15) is 70.1 Å². The van der Waals surface area contributed by atoms with Crippen molar-refractivity contribution in [1.29, 1.82) is 0 Å². The van der Waals surface area contributed by atoms with Crippen LogP contribution in [0.25, 0.3) is 0 Å². The number of ether oxygens (including phenoxy) is 2. The monoisotopic (exact) mass is 342 g/mol. The first-order valence-corrected chi connectivity index (χ1v) is 9.91. The van der Waals surface area contributed by atoms with Crippen LogP contribution in [0.15, 0.2) is 12.1 Å². The molecule has 0 radical (unpaired) electrons. The number of rotatable bonds is 0. The van der Waals surface area contributed by atoms with Gasteiger partial charge in [0, 0.05) is 11.3 Å². The predicted octanol–water partition coefficient (Wildman–Crippen LogP) is 5.15. The van der Waals surface area contributed by atoms with Crippen LogP contribution in [0.4, 0.5) is 0 Å². The van der Waals surface area contributed by atoms with Gasteiger partial charge in [0.15, 0.2) is 0 Å². The highest BCUT2D eigenvalue weighted by atomic mass is 16.5. The molecule has 1 N–H and O–H groups in total. The first-order valence-electron chi connectivity index (χ1n) is 9.91. The molecule has 1 aromatic rings. The van der Waals surface area contributed by atoms with Crippen molar-refractivity contribution in [3.8, 4) is 11.5 Å². The van der Waals surface area contributed by atoms with Gasteiger partial charge < -0.3 is 14.6 Å². The van der Waals surface area contributed by atoms with Crippen LogP contribution >= 0.6 is 0 Å². The second kappa shape index (κ2) is 4.73. The largest absolute Gasteiger partial charge is 0.507 e. The van der Waals surface area contributed by atoms with Crippen molar-refractivity contribution in [1.82, 2.24) is 0 Å². The first-order chi connectivity index (χ1) is 11.8. The Morgan fingerprint density at radius 2 is 1.92 bits per heavy atom. The van der Waals surface area contributed by atoms with Crippen molar-refractivity contribution < 1.29 is 14.6 Å². The van der Waals surface area contributed by atoms with Crippen LogP contribution in [0.2, 0.25) is 0 Å². The summed E-state index contributed by atoms with van der Waals surface area (Å²) in [5, 5.41) is 10.7. The molecular formula is C22H30O3. The van der Waals surface area contributed by atoms with E-state index in [0.717, 1.165) is 29.9 Å². The number of phenols is 1. The Labute approximate surface area is 150 Å². The summed E-state index contributed by atoms with van der Waals surface area (Å²) in [6.45, 7) is 10.0. The van der Waals surface area contributed by atoms with Gasteiger partial charge in [-0.15, -0.1) is 0 Å². The van der Waals surface area contributed by atoms with Crippen molar-refractivity contribution in [2.75, 3.05) is 6.61 Å². The fraction of sp³-hybridized carbons (Fsp3) is 0.727. The fourth-order valence-electron chi connectivity index (χ4n) is 7.20. The Morgan fingerprint density at radius 3 is 2.72 bits per heavy atom. The lowest BCUT2D eigenvalue weighted by Crippen LogP contribution is -2.61. The van der Waals surface area contributed by atoms with Crippen LogP contribution in [0.3, 0.4) is 0 Å². The third-order valence-electron chi connectivity index (χ3n) is 8.03. The summed E-state index contributed by atoms with van der Waals surface area (Å²) in [5.74, 6) is 2.22. The Balaban J connectivity index is 1.69. The molecule has 0 amide bonds. The number of aromatic hydroxyl groups is 1. The smallest absolute Gasteiger partial charge is 0.129 e. The molecule has 3 fully saturated rings. The molecule has 2 aliphatic heterocycles. The number of phenolic OH excluding ortho intramolecular Hbond substituents is 1. The van der Waals surface area contributed by atoms with E-state index in [9.17, 15) is 5.11 Å². The molecule has 5 atom stereocenters. The SMILES string of the molecule is Cc1cc(O)c2c(c1)O[C@]1(C)CC[C@@H]3C(C)(C)CCC[C@@]34CO[C@H]2[C@H]41. The molecule has 5 rings (SSSR count). The quantitative estimate of drug-likeness (QED) is 0.709. The zero-order chi connectivity index (χ0) is 17.6.